The number of benzene rings is 2. The molecule has 144 valence electrons. The van der Waals surface area contributed by atoms with Crippen molar-refractivity contribution in [1.82, 2.24) is 14.9 Å². The Balaban J connectivity index is 1.88. The van der Waals surface area contributed by atoms with Crippen molar-refractivity contribution in [3.63, 3.8) is 0 Å². The van der Waals surface area contributed by atoms with Crippen LogP contribution in [0.4, 0.5) is 5.69 Å². The van der Waals surface area contributed by atoms with E-state index in [-0.39, 0.29) is 17.9 Å². The van der Waals surface area contributed by atoms with E-state index in [4.69, 9.17) is 4.74 Å². The Morgan fingerprint density at radius 3 is 2.68 bits per heavy atom. The average molecular weight is 401 g/mol. The summed E-state index contributed by atoms with van der Waals surface area (Å²) in [6, 6.07) is 11.1. The maximum atomic E-state index is 11.0. The van der Waals surface area contributed by atoms with Gasteiger partial charge < -0.3 is 14.9 Å². The molecule has 0 unspecified atom stereocenters. The van der Waals surface area contributed by atoms with Crippen LogP contribution in [0.2, 0.25) is 0 Å². The molecule has 0 bridgehead atoms. The van der Waals surface area contributed by atoms with E-state index in [9.17, 15) is 20.3 Å². The van der Waals surface area contributed by atoms with Crippen LogP contribution in [0, 0.1) is 10.1 Å². The molecule has 0 saturated carbocycles. The first-order chi connectivity index (χ1) is 13.5. The number of nitro benzene ring substituents is 1. The second-order valence-electron chi connectivity index (χ2n) is 5.42. The Morgan fingerprint density at radius 1 is 1.25 bits per heavy atom. The molecule has 1 heterocycles. The molecular weight excluding hydrogens is 386 g/mol. The SMILES string of the molecule is CSc1nnc(COc2ccccc2)n1/N=C\c1cc([N+](=O)[O-])c(O)cc1O. The topological polar surface area (TPSA) is 136 Å². The standard InChI is InChI=1S/C17H15N5O5S/c1-28-17-20-19-16(10-27-12-5-3-2-4-6-12)21(17)18-9-11-7-13(22(25)26)15(24)8-14(11)23/h2-9,23-24H,10H2,1H3/b18-9-. The first kappa shape index (κ1) is 19.2. The molecule has 0 radical (unpaired) electrons. The summed E-state index contributed by atoms with van der Waals surface area (Å²) in [6.07, 6.45) is 3.01. The van der Waals surface area contributed by atoms with E-state index in [0.717, 1.165) is 12.1 Å². The Morgan fingerprint density at radius 2 is 2.00 bits per heavy atom. The number of phenols is 2. The number of para-hydroxylation sites is 1. The third-order valence-corrected chi connectivity index (χ3v) is 4.22. The Bertz CT molecular complexity index is 1020. The predicted octanol–water partition coefficient (Wildman–Crippen LogP) is 2.78. The van der Waals surface area contributed by atoms with Gasteiger partial charge in [-0.1, -0.05) is 30.0 Å². The largest absolute Gasteiger partial charge is 0.507 e. The summed E-state index contributed by atoms with van der Waals surface area (Å²) in [6.45, 7) is 0.0939. The summed E-state index contributed by atoms with van der Waals surface area (Å²) in [7, 11) is 0. The van der Waals surface area contributed by atoms with Gasteiger partial charge in [0.05, 0.1) is 11.1 Å². The minimum atomic E-state index is -0.753. The first-order valence-corrected chi connectivity index (χ1v) is 9.13. The third-order valence-electron chi connectivity index (χ3n) is 3.60. The highest BCUT2D eigenvalue weighted by atomic mass is 32.2. The third kappa shape index (κ3) is 4.20. The lowest BCUT2D eigenvalue weighted by Gasteiger charge is -2.06. The lowest BCUT2D eigenvalue weighted by atomic mass is 10.2. The molecule has 10 nitrogen and oxygen atoms in total. The molecule has 0 saturated heterocycles. The van der Waals surface area contributed by atoms with Gasteiger partial charge >= 0.3 is 5.69 Å². The summed E-state index contributed by atoms with van der Waals surface area (Å²) in [5.41, 5.74) is -0.485. The summed E-state index contributed by atoms with van der Waals surface area (Å²) in [5.74, 6) is 0.0640. The summed E-state index contributed by atoms with van der Waals surface area (Å²) in [4.78, 5) is 10.2. The number of thioether (sulfide) groups is 1. The Kier molecular flexibility index (Phi) is 5.75. The molecule has 2 aromatic carbocycles. The highest BCUT2D eigenvalue weighted by Gasteiger charge is 2.17. The summed E-state index contributed by atoms with van der Waals surface area (Å²) >= 11 is 1.30. The van der Waals surface area contributed by atoms with Gasteiger partial charge in [-0.2, -0.15) is 9.78 Å². The number of phenolic OH excluding ortho intramolecular Hbond substituents is 2. The van der Waals surface area contributed by atoms with E-state index in [0.29, 0.717) is 16.7 Å². The Hall–Kier alpha value is -3.60. The van der Waals surface area contributed by atoms with E-state index >= 15 is 0 Å². The van der Waals surface area contributed by atoms with Crippen molar-refractivity contribution in [2.24, 2.45) is 5.10 Å². The number of aromatic hydroxyl groups is 2. The molecule has 1 aromatic heterocycles. The van der Waals surface area contributed by atoms with Crippen molar-refractivity contribution in [1.29, 1.82) is 0 Å². The highest BCUT2D eigenvalue weighted by molar-refractivity contribution is 7.98. The van der Waals surface area contributed by atoms with Crippen LogP contribution in [0.1, 0.15) is 11.4 Å². The molecule has 0 atom stereocenters. The molecule has 0 spiro atoms. The van der Waals surface area contributed by atoms with E-state index < -0.39 is 16.4 Å². The normalized spacial score (nSPS) is 11.0. The van der Waals surface area contributed by atoms with Gasteiger partial charge in [-0.25, -0.2) is 0 Å². The zero-order valence-electron chi connectivity index (χ0n) is 14.6. The fraction of sp³-hybridized carbons (Fsp3) is 0.118. The fourth-order valence-corrected chi connectivity index (χ4v) is 2.69. The van der Waals surface area contributed by atoms with Crippen LogP contribution in [-0.4, -0.2) is 42.5 Å². The maximum absolute atomic E-state index is 11.0. The molecular formula is C17H15N5O5S. The molecule has 0 amide bonds. The fourth-order valence-electron chi connectivity index (χ4n) is 2.25. The van der Waals surface area contributed by atoms with Crippen molar-refractivity contribution < 1.29 is 19.9 Å². The molecule has 11 heteroatoms. The second kappa shape index (κ2) is 8.39. The molecule has 3 aromatic rings. The van der Waals surface area contributed by atoms with Crippen molar-refractivity contribution in [2.75, 3.05) is 6.26 Å². The van der Waals surface area contributed by atoms with Gasteiger partial charge in [0.1, 0.15) is 18.1 Å². The van der Waals surface area contributed by atoms with Gasteiger partial charge in [-0.3, -0.25) is 10.1 Å². The zero-order valence-corrected chi connectivity index (χ0v) is 15.4. The quantitative estimate of drug-likeness (QED) is 0.267. The number of rotatable bonds is 7. The highest BCUT2D eigenvalue weighted by Crippen LogP contribution is 2.32. The molecule has 0 aliphatic heterocycles. The molecule has 2 N–H and O–H groups in total. The van der Waals surface area contributed by atoms with Crippen molar-refractivity contribution in [3.8, 4) is 17.2 Å². The molecule has 0 fully saturated rings. The molecule has 28 heavy (non-hydrogen) atoms. The van der Waals surface area contributed by atoms with Crippen LogP contribution in [0.15, 0.2) is 52.7 Å². The van der Waals surface area contributed by atoms with Crippen LogP contribution < -0.4 is 4.74 Å². The maximum Gasteiger partial charge on any atom is 0.311 e. The van der Waals surface area contributed by atoms with E-state index in [2.05, 4.69) is 15.3 Å². The predicted molar refractivity (Wildman–Crippen MR) is 102 cm³/mol. The monoisotopic (exact) mass is 401 g/mol. The van der Waals surface area contributed by atoms with Crippen LogP contribution in [0.3, 0.4) is 0 Å². The minimum absolute atomic E-state index is 0.0557. The second-order valence-corrected chi connectivity index (χ2v) is 6.19. The van der Waals surface area contributed by atoms with E-state index in [1.54, 1.807) is 18.4 Å². The summed E-state index contributed by atoms with van der Waals surface area (Å²) in [5, 5.41) is 43.2. The lowest BCUT2D eigenvalue weighted by Crippen LogP contribution is -2.05. The van der Waals surface area contributed by atoms with Gasteiger partial charge in [-0.15, -0.1) is 10.2 Å². The number of aromatic nitrogens is 3. The van der Waals surface area contributed by atoms with Crippen molar-refractivity contribution >= 4 is 23.7 Å². The van der Waals surface area contributed by atoms with Crippen LogP contribution >= 0.6 is 11.8 Å². The number of hydrogen-bond donors (Lipinski definition) is 2. The summed E-state index contributed by atoms with van der Waals surface area (Å²) < 4.78 is 7.06. The number of nitro groups is 1. The van der Waals surface area contributed by atoms with Crippen LogP contribution in [0.5, 0.6) is 17.2 Å². The van der Waals surface area contributed by atoms with Gasteiger partial charge in [0.15, 0.2) is 11.6 Å². The average Bonchev–Trinajstić information content (AvgIpc) is 3.08. The van der Waals surface area contributed by atoms with Gasteiger partial charge in [-0.05, 0) is 18.4 Å². The first-order valence-electron chi connectivity index (χ1n) is 7.90. The van der Waals surface area contributed by atoms with Gasteiger partial charge in [0, 0.05) is 17.7 Å². The molecule has 0 aliphatic carbocycles. The molecule has 0 aliphatic rings. The minimum Gasteiger partial charge on any atom is -0.507 e. The number of hydrogen-bond acceptors (Lipinski definition) is 9. The van der Waals surface area contributed by atoms with Crippen molar-refractivity contribution in [2.45, 2.75) is 11.8 Å². The molecule has 3 rings (SSSR count). The van der Waals surface area contributed by atoms with Crippen LogP contribution in [-0.2, 0) is 6.61 Å². The van der Waals surface area contributed by atoms with Gasteiger partial charge in [0.25, 0.3) is 0 Å². The van der Waals surface area contributed by atoms with Crippen LogP contribution in [0.25, 0.3) is 0 Å². The number of nitrogens with zero attached hydrogens (tertiary/aromatic N) is 5. The van der Waals surface area contributed by atoms with Crippen molar-refractivity contribution in [3.05, 3.63) is 64.0 Å². The lowest BCUT2D eigenvalue weighted by molar-refractivity contribution is -0.385. The number of ether oxygens (including phenoxy) is 1. The zero-order chi connectivity index (χ0) is 20.1. The smallest absolute Gasteiger partial charge is 0.311 e. The Labute approximate surface area is 163 Å². The van der Waals surface area contributed by atoms with E-state index in [1.165, 1.54) is 22.7 Å². The van der Waals surface area contributed by atoms with Gasteiger partial charge in [0.2, 0.25) is 5.16 Å². The van der Waals surface area contributed by atoms with E-state index in [1.807, 2.05) is 18.2 Å².